The van der Waals surface area contributed by atoms with Crippen LogP contribution in [0.15, 0.2) is 24.3 Å². The molecular weight excluding hydrogens is 385 g/mol. The molecule has 2 saturated heterocycles. The molecule has 1 aromatic rings. The van der Waals surface area contributed by atoms with Crippen molar-refractivity contribution in [1.82, 2.24) is 9.80 Å². The van der Waals surface area contributed by atoms with E-state index in [2.05, 4.69) is 0 Å². The Labute approximate surface area is 169 Å². The van der Waals surface area contributed by atoms with Gasteiger partial charge in [0.1, 0.15) is 19.1 Å². The number of hydrogen-bond donors (Lipinski definition) is 0. The van der Waals surface area contributed by atoms with Crippen LogP contribution in [0.3, 0.4) is 0 Å². The molecule has 5 nitrogen and oxygen atoms in total. The van der Waals surface area contributed by atoms with Crippen LogP contribution in [0.4, 0.5) is 13.2 Å². The molecule has 0 aromatic heterocycles. The lowest BCUT2D eigenvalue weighted by Gasteiger charge is -2.39. The minimum atomic E-state index is -2.14. The summed E-state index contributed by atoms with van der Waals surface area (Å²) in [5.74, 6) is -0.856. The number of hydrogen-bond acceptors (Lipinski definition) is 5. The molecule has 0 spiro atoms. The lowest BCUT2D eigenvalue weighted by molar-refractivity contribution is -0.154. The van der Waals surface area contributed by atoms with Crippen molar-refractivity contribution >= 4 is 5.97 Å². The van der Waals surface area contributed by atoms with Gasteiger partial charge in [-0.2, -0.15) is 0 Å². The molecule has 0 radical (unpaired) electrons. The van der Waals surface area contributed by atoms with Crippen molar-refractivity contribution in [3.63, 3.8) is 0 Å². The molecule has 2 atom stereocenters. The second kappa shape index (κ2) is 9.34. The molecule has 1 aromatic carbocycles. The molecule has 0 aliphatic carbocycles. The topological polar surface area (TPSA) is 42.0 Å². The summed E-state index contributed by atoms with van der Waals surface area (Å²) in [6.45, 7) is 0.0460. The number of esters is 1. The van der Waals surface area contributed by atoms with Crippen molar-refractivity contribution in [1.29, 1.82) is 0 Å². The summed E-state index contributed by atoms with van der Waals surface area (Å²) < 4.78 is 51.8. The predicted molar refractivity (Wildman–Crippen MR) is 103 cm³/mol. The van der Waals surface area contributed by atoms with Crippen LogP contribution < -0.4 is 4.74 Å². The number of benzene rings is 1. The maximum atomic E-state index is 15.9. The second-order valence-electron chi connectivity index (χ2n) is 7.84. The quantitative estimate of drug-likeness (QED) is 0.642. The molecule has 0 saturated carbocycles. The zero-order valence-electron chi connectivity index (χ0n) is 17.0. The summed E-state index contributed by atoms with van der Waals surface area (Å²) in [4.78, 5) is 16.2. The first-order valence-corrected chi connectivity index (χ1v) is 9.98. The molecule has 0 N–H and O–H groups in total. The van der Waals surface area contributed by atoms with Gasteiger partial charge >= 0.3 is 5.97 Å². The van der Waals surface area contributed by atoms with Gasteiger partial charge in [-0.05, 0) is 30.5 Å². The number of ether oxygens (including phenoxy) is 2. The minimum Gasteiger partial charge on any atom is -0.497 e. The monoisotopic (exact) mass is 414 g/mol. The third kappa shape index (κ3) is 4.38. The van der Waals surface area contributed by atoms with Gasteiger partial charge in [-0.15, -0.1) is 0 Å². The number of carbonyl (C=O) groups excluding carboxylic acids is 1. The van der Waals surface area contributed by atoms with Crippen LogP contribution in [0.5, 0.6) is 5.75 Å². The maximum absolute atomic E-state index is 15.9. The highest BCUT2D eigenvalue weighted by atomic mass is 19.1. The van der Waals surface area contributed by atoms with E-state index in [1.54, 1.807) is 31.4 Å². The Balaban J connectivity index is 1.74. The third-order valence-corrected chi connectivity index (χ3v) is 6.33. The highest BCUT2D eigenvalue weighted by molar-refractivity contribution is 5.82. The predicted octanol–water partition coefficient (Wildman–Crippen LogP) is 2.75. The molecule has 162 valence electrons. The Hall–Kier alpha value is -1.80. The van der Waals surface area contributed by atoms with Gasteiger partial charge in [0, 0.05) is 38.1 Å². The van der Waals surface area contributed by atoms with Gasteiger partial charge in [0.05, 0.1) is 20.3 Å². The fraction of sp³-hybridized carbons (Fsp3) is 0.667. The number of methoxy groups -OCH3 is 2. The van der Waals surface area contributed by atoms with Crippen molar-refractivity contribution in [2.45, 2.75) is 36.5 Å². The Morgan fingerprint density at radius 3 is 2.31 bits per heavy atom. The zero-order valence-corrected chi connectivity index (χ0v) is 17.0. The van der Waals surface area contributed by atoms with Crippen LogP contribution in [-0.2, 0) is 9.53 Å². The normalized spacial score (nSPS) is 26.8. The number of rotatable bonds is 7. The molecule has 0 unspecified atom stereocenters. The van der Waals surface area contributed by atoms with Gasteiger partial charge in [0.2, 0.25) is 5.67 Å². The maximum Gasteiger partial charge on any atom is 0.345 e. The Morgan fingerprint density at radius 2 is 1.79 bits per heavy atom. The van der Waals surface area contributed by atoms with Crippen molar-refractivity contribution in [2.75, 3.05) is 53.7 Å². The average molecular weight is 414 g/mol. The summed E-state index contributed by atoms with van der Waals surface area (Å²) >= 11 is 0. The molecular formula is C21H29F3N2O3. The van der Waals surface area contributed by atoms with Crippen molar-refractivity contribution in [3.8, 4) is 5.75 Å². The van der Waals surface area contributed by atoms with Crippen molar-refractivity contribution in [3.05, 3.63) is 29.8 Å². The van der Waals surface area contributed by atoms with E-state index in [0.29, 0.717) is 43.8 Å². The van der Waals surface area contributed by atoms with E-state index in [4.69, 9.17) is 9.47 Å². The number of likely N-dealkylation sites (tertiary alicyclic amines) is 2. The summed E-state index contributed by atoms with van der Waals surface area (Å²) in [7, 11) is 2.76. The highest BCUT2D eigenvalue weighted by Crippen LogP contribution is 2.42. The van der Waals surface area contributed by atoms with Gasteiger partial charge in [-0.3, -0.25) is 9.80 Å². The molecule has 2 aliphatic rings. The molecule has 3 rings (SSSR count). The number of piperidine rings is 1. The van der Waals surface area contributed by atoms with E-state index >= 15 is 4.39 Å². The van der Waals surface area contributed by atoms with Crippen LogP contribution in [0, 0.1) is 0 Å². The van der Waals surface area contributed by atoms with Crippen LogP contribution in [0.25, 0.3) is 0 Å². The number of nitrogens with zero attached hydrogens (tertiary/aromatic N) is 2. The fourth-order valence-corrected chi connectivity index (χ4v) is 4.56. The highest BCUT2D eigenvalue weighted by Gasteiger charge is 2.56. The fourth-order valence-electron chi connectivity index (χ4n) is 4.56. The lowest BCUT2D eigenvalue weighted by Crippen LogP contribution is -2.50. The molecule has 2 fully saturated rings. The molecule has 29 heavy (non-hydrogen) atoms. The molecule has 0 amide bonds. The number of carbonyl (C=O) groups is 1. The van der Waals surface area contributed by atoms with E-state index in [9.17, 15) is 13.6 Å². The van der Waals surface area contributed by atoms with Crippen molar-refractivity contribution in [2.24, 2.45) is 0 Å². The SMILES string of the molecule is COC(=O)[C@]1(F)CN(C2CCN(C(CF)CF)CC2)C[C@H]1c1ccc(OC)cc1. The molecule has 8 heteroatoms. The first kappa shape index (κ1) is 21.9. The smallest absolute Gasteiger partial charge is 0.345 e. The van der Waals surface area contributed by atoms with Gasteiger partial charge < -0.3 is 9.47 Å². The summed E-state index contributed by atoms with van der Waals surface area (Å²) in [5, 5.41) is 0. The van der Waals surface area contributed by atoms with E-state index in [1.807, 2.05) is 9.80 Å². The zero-order chi connectivity index (χ0) is 21.0. The van der Waals surface area contributed by atoms with E-state index < -0.39 is 36.9 Å². The average Bonchev–Trinajstić information content (AvgIpc) is 3.13. The van der Waals surface area contributed by atoms with Gasteiger partial charge in [0.25, 0.3) is 0 Å². The lowest BCUT2D eigenvalue weighted by atomic mass is 9.86. The van der Waals surface area contributed by atoms with Crippen molar-refractivity contribution < 1.29 is 27.4 Å². The Morgan fingerprint density at radius 1 is 1.17 bits per heavy atom. The van der Waals surface area contributed by atoms with Crippen LogP contribution in [0.2, 0.25) is 0 Å². The molecule has 2 aliphatic heterocycles. The van der Waals surface area contributed by atoms with Crippen LogP contribution >= 0.6 is 0 Å². The minimum absolute atomic E-state index is 0.0450. The van der Waals surface area contributed by atoms with E-state index in [1.165, 1.54) is 7.11 Å². The standard InChI is InChI=1S/C21H29F3N2O3/c1-28-18-5-3-15(4-6-18)19-13-26(14-21(19,24)20(27)29-2)16-7-9-25(10-8-16)17(11-22)12-23/h3-6,16-17,19H,7-14H2,1-2H3/t19-,21-/m0/s1. The van der Waals surface area contributed by atoms with Gasteiger partial charge in [-0.25, -0.2) is 18.0 Å². The first-order chi connectivity index (χ1) is 14.0. The van der Waals surface area contributed by atoms with Gasteiger partial charge in [0.15, 0.2) is 0 Å². The first-order valence-electron chi connectivity index (χ1n) is 9.98. The Bertz CT molecular complexity index is 678. The number of alkyl halides is 3. The molecule has 2 heterocycles. The summed E-state index contributed by atoms with van der Waals surface area (Å²) in [5.41, 5.74) is -1.42. The summed E-state index contributed by atoms with van der Waals surface area (Å²) in [6.07, 6.45) is 1.37. The van der Waals surface area contributed by atoms with E-state index in [-0.39, 0.29) is 12.6 Å². The number of halogens is 3. The van der Waals surface area contributed by atoms with E-state index in [0.717, 1.165) is 0 Å². The summed E-state index contributed by atoms with van der Waals surface area (Å²) in [6, 6.07) is 6.43. The molecule has 0 bridgehead atoms. The Kier molecular flexibility index (Phi) is 7.05. The van der Waals surface area contributed by atoms with Gasteiger partial charge in [-0.1, -0.05) is 12.1 Å². The second-order valence-corrected chi connectivity index (χ2v) is 7.84. The van der Waals surface area contributed by atoms with Crippen LogP contribution in [0.1, 0.15) is 24.3 Å². The van der Waals surface area contributed by atoms with Crippen LogP contribution in [-0.4, -0.2) is 87.3 Å². The third-order valence-electron chi connectivity index (χ3n) is 6.33. The largest absolute Gasteiger partial charge is 0.497 e.